The van der Waals surface area contributed by atoms with Crippen LogP contribution >= 0.6 is 0 Å². The zero-order valence-electron chi connectivity index (χ0n) is 8.03. The normalized spacial score (nSPS) is 10.0. The molecular formula is C10H11F2NO. The van der Waals surface area contributed by atoms with Crippen molar-refractivity contribution in [1.29, 1.82) is 0 Å². The minimum Gasteiger partial charge on any atom is -0.352 e. The first-order chi connectivity index (χ1) is 6.56. The van der Waals surface area contributed by atoms with Crippen molar-refractivity contribution in [2.45, 2.75) is 13.8 Å². The predicted molar refractivity (Wildman–Crippen MR) is 49.1 cm³/mol. The molecule has 0 radical (unpaired) electrons. The number of halogens is 2. The summed E-state index contributed by atoms with van der Waals surface area (Å²) in [6, 6.07) is 1.93. The van der Waals surface area contributed by atoms with Gasteiger partial charge in [-0.25, -0.2) is 8.78 Å². The molecule has 4 heteroatoms. The second-order valence-electron chi connectivity index (χ2n) is 2.94. The first-order valence-corrected chi connectivity index (χ1v) is 4.30. The molecule has 2 nitrogen and oxygen atoms in total. The van der Waals surface area contributed by atoms with Gasteiger partial charge in [-0.2, -0.15) is 0 Å². The first kappa shape index (κ1) is 10.6. The first-order valence-electron chi connectivity index (χ1n) is 4.30. The molecule has 0 saturated carbocycles. The van der Waals surface area contributed by atoms with Crippen LogP contribution in [0.25, 0.3) is 0 Å². The quantitative estimate of drug-likeness (QED) is 0.775. The molecule has 0 aliphatic heterocycles. The largest absolute Gasteiger partial charge is 0.352 e. The molecular weight excluding hydrogens is 188 g/mol. The van der Waals surface area contributed by atoms with Crippen LogP contribution < -0.4 is 5.32 Å². The Labute approximate surface area is 80.9 Å². The lowest BCUT2D eigenvalue weighted by Gasteiger charge is -2.05. The Bertz CT molecular complexity index is 363. The number of benzene rings is 1. The molecule has 0 aliphatic carbocycles. The summed E-state index contributed by atoms with van der Waals surface area (Å²) < 4.78 is 25.9. The van der Waals surface area contributed by atoms with Gasteiger partial charge < -0.3 is 5.32 Å². The maximum Gasteiger partial charge on any atom is 0.254 e. The number of amides is 1. The molecule has 0 saturated heterocycles. The number of carbonyl (C=O) groups is 1. The maximum absolute atomic E-state index is 13.1. The van der Waals surface area contributed by atoms with Crippen LogP contribution in [0.15, 0.2) is 12.1 Å². The van der Waals surface area contributed by atoms with Gasteiger partial charge >= 0.3 is 0 Å². The van der Waals surface area contributed by atoms with Crippen molar-refractivity contribution in [1.82, 2.24) is 5.32 Å². The molecule has 0 aliphatic rings. The van der Waals surface area contributed by atoms with Crippen molar-refractivity contribution in [2.24, 2.45) is 0 Å². The Kier molecular flexibility index (Phi) is 3.17. The number of hydrogen-bond donors (Lipinski definition) is 1. The highest BCUT2D eigenvalue weighted by atomic mass is 19.1. The molecule has 1 aromatic rings. The van der Waals surface area contributed by atoms with E-state index in [9.17, 15) is 13.6 Å². The zero-order valence-corrected chi connectivity index (χ0v) is 8.03. The minimum atomic E-state index is -0.834. The molecule has 1 aromatic carbocycles. The van der Waals surface area contributed by atoms with Gasteiger partial charge in [-0.3, -0.25) is 4.79 Å². The molecule has 0 aromatic heterocycles. The van der Waals surface area contributed by atoms with E-state index >= 15 is 0 Å². The summed E-state index contributed by atoms with van der Waals surface area (Å²) >= 11 is 0. The minimum absolute atomic E-state index is 0.120. The van der Waals surface area contributed by atoms with E-state index in [0.717, 1.165) is 6.07 Å². The van der Waals surface area contributed by atoms with Gasteiger partial charge in [0.15, 0.2) is 0 Å². The lowest BCUT2D eigenvalue weighted by molar-refractivity contribution is 0.0951. The fourth-order valence-corrected chi connectivity index (χ4v) is 1.09. The summed E-state index contributed by atoms with van der Waals surface area (Å²) in [5.41, 5.74) is 0.137. The van der Waals surface area contributed by atoms with Crippen molar-refractivity contribution in [3.8, 4) is 0 Å². The van der Waals surface area contributed by atoms with Crippen LogP contribution in [-0.4, -0.2) is 12.5 Å². The molecule has 0 unspecified atom stereocenters. The summed E-state index contributed by atoms with van der Waals surface area (Å²) in [7, 11) is 0. The van der Waals surface area contributed by atoms with Crippen LogP contribution in [0.4, 0.5) is 8.78 Å². The van der Waals surface area contributed by atoms with E-state index in [-0.39, 0.29) is 11.1 Å². The Morgan fingerprint density at radius 1 is 1.36 bits per heavy atom. The average Bonchev–Trinajstić information content (AvgIpc) is 2.11. The molecule has 1 N–H and O–H groups in total. The Morgan fingerprint density at radius 2 is 2.00 bits per heavy atom. The number of aryl methyl sites for hydroxylation is 1. The highest BCUT2D eigenvalue weighted by Gasteiger charge is 2.13. The van der Waals surface area contributed by atoms with Crippen LogP contribution in [-0.2, 0) is 0 Å². The van der Waals surface area contributed by atoms with Crippen LogP contribution in [0.5, 0.6) is 0 Å². The van der Waals surface area contributed by atoms with Crippen molar-refractivity contribution < 1.29 is 13.6 Å². The Morgan fingerprint density at radius 3 is 2.57 bits per heavy atom. The van der Waals surface area contributed by atoms with Crippen molar-refractivity contribution in [3.63, 3.8) is 0 Å². The number of rotatable bonds is 2. The molecule has 14 heavy (non-hydrogen) atoms. The monoisotopic (exact) mass is 199 g/mol. The highest BCUT2D eigenvalue weighted by Crippen LogP contribution is 2.13. The van der Waals surface area contributed by atoms with Gasteiger partial charge in [0.25, 0.3) is 5.91 Å². The number of hydrogen-bond acceptors (Lipinski definition) is 1. The van der Waals surface area contributed by atoms with Gasteiger partial charge in [-0.05, 0) is 25.5 Å². The van der Waals surface area contributed by atoms with E-state index in [1.54, 1.807) is 6.92 Å². The van der Waals surface area contributed by atoms with E-state index in [4.69, 9.17) is 0 Å². The second-order valence-corrected chi connectivity index (χ2v) is 2.94. The van der Waals surface area contributed by atoms with Gasteiger partial charge in [0.1, 0.15) is 11.6 Å². The zero-order chi connectivity index (χ0) is 10.7. The van der Waals surface area contributed by atoms with Crippen LogP contribution in [0.2, 0.25) is 0 Å². The van der Waals surface area contributed by atoms with Crippen molar-refractivity contribution >= 4 is 5.91 Å². The third-order valence-electron chi connectivity index (χ3n) is 1.83. The molecule has 76 valence electrons. The third kappa shape index (κ3) is 2.07. The van der Waals surface area contributed by atoms with Gasteiger partial charge in [0.05, 0.1) is 5.56 Å². The number of nitrogens with one attached hydrogen (secondary N) is 1. The molecule has 0 spiro atoms. The summed E-state index contributed by atoms with van der Waals surface area (Å²) in [6.45, 7) is 3.62. The van der Waals surface area contributed by atoms with Gasteiger partial charge in [-0.15, -0.1) is 0 Å². The topological polar surface area (TPSA) is 29.1 Å². The lowest BCUT2D eigenvalue weighted by Crippen LogP contribution is -2.24. The van der Waals surface area contributed by atoms with Gasteiger partial charge in [0, 0.05) is 12.6 Å². The lowest BCUT2D eigenvalue weighted by atomic mass is 10.1. The molecule has 0 fully saturated rings. The second kappa shape index (κ2) is 4.17. The van der Waals surface area contributed by atoms with Crippen molar-refractivity contribution in [3.05, 3.63) is 34.9 Å². The SMILES string of the molecule is CCNC(=O)c1cc(C)c(F)cc1F. The Balaban J connectivity index is 3.09. The fourth-order valence-electron chi connectivity index (χ4n) is 1.09. The Hall–Kier alpha value is -1.45. The van der Waals surface area contributed by atoms with E-state index in [2.05, 4.69) is 5.32 Å². The smallest absolute Gasteiger partial charge is 0.254 e. The average molecular weight is 199 g/mol. The molecule has 0 heterocycles. The molecule has 1 rings (SSSR count). The van der Waals surface area contributed by atoms with Gasteiger partial charge in [-0.1, -0.05) is 0 Å². The summed E-state index contributed by atoms with van der Waals surface area (Å²) in [5, 5.41) is 2.45. The predicted octanol–water partition coefficient (Wildman–Crippen LogP) is 2.02. The maximum atomic E-state index is 13.1. The van der Waals surface area contributed by atoms with E-state index in [0.29, 0.717) is 6.54 Å². The highest BCUT2D eigenvalue weighted by molar-refractivity contribution is 5.94. The van der Waals surface area contributed by atoms with Crippen LogP contribution in [0, 0.1) is 18.6 Å². The fraction of sp³-hybridized carbons (Fsp3) is 0.300. The third-order valence-corrected chi connectivity index (χ3v) is 1.83. The van der Waals surface area contributed by atoms with Gasteiger partial charge in [0.2, 0.25) is 0 Å². The molecule has 0 bridgehead atoms. The summed E-state index contributed by atoms with van der Waals surface area (Å²) in [4.78, 5) is 11.3. The summed E-state index contributed by atoms with van der Waals surface area (Å²) in [6.07, 6.45) is 0. The number of carbonyl (C=O) groups excluding carboxylic acids is 1. The summed E-state index contributed by atoms with van der Waals surface area (Å²) in [5.74, 6) is -2.00. The molecule has 1 amide bonds. The van der Waals surface area contributed by atoms with E-state index in [1.165, 1.54) is 13.0 Å². The van der Waals surface area contributed by atoms with Crippen LogP contribution in [0.3, 0.4) is 0 Å². The standard InChI is InChI=1S/C10H11F2NO/c1-3-13-10(14)7-4-6(2)8(11)5-9(7)12/h4-5H,3H2,1-2H3,(H,13,14). The van der Waals surface area contributed by atoms with Crippen LogP contribution in [0.1, 0.15) is 22.8 Å². The van der Waals surface area contributed by atoms with Crippen molar-refractivity contribution in [2.75, 3.05) is 6.54 Å². The van der Waals surface area contributed by atoms with E-state index in [1.807, 2.05) is 0 Å². The van der Waals surface area contributed by atoms with E-state index < -0.39 is 17.5 Å². The molecule has 0 atom stereocenters.